The molecule has 1 aromatic carbocycles. The standard InChI is InChI=1S/C13H14N2O2S/c1-9-2-3-10(8-11(9)16)13(17)15-5-4-12-14-6-7-18-12/h2-3,6-8,16H,4-5H2,1H3,(H,15,17). The Morgan fingerprint density at radius 2 is 2.33 bits per heavy atom. The molecule has 0 aliphatic carbocycles. The lowest BCUT2D eigenvalue weighted by Crippen LogP contribution is -2.25. The van der Waals surface area contributed by atoms with E-state index in [0.717, 1.165) is 17.0 Å². The normalized spacial score (nSPS) is 10.3. The van der Waals surface area contributed by atoms with Gasteiger partial charge in [-0.1, -0.05) is 6.07 Å². The first kappa shape index (κ1) is 12.6. The highest BCUT2D eigenvalue weighted by atomic mass is 32.1. The number of carbonyl (C=O) groups is 1. The molecule has 2 rings (SSSR count). The average molecular weight is 262 g/mol. The Labute approximate surface area is 109 Å². The summed E-state index contributed by atoms with van der Waals surface area (Å²) in [5, 5.41) is 15.3. The number of aromatic nitrogens is 1. The second kappa shape index (κ2) is 5.64. The van der Waals surface area contributed by atoms with E-state index in [1.54, 1.807) is 36.6 Å². The van der Waals surface area contributed by atoms with Crippen molar-refractivity contribution < 1.29 is 9.90 Å². The number of amides is 1. The number of thiazole rings is 1. The van der Waals surface area contributed by atoms with Crippen molar-refractivity contribution >= 4 is 17.2 Å². The maximum Gasteiger partial charge on any atom is 0.251 e. The Bertz CT molecular complexity index is 538. The Hall–Kier alpha value is -1.88. The third-order valence-electron chi connectivity index (χ3n) is 2.58. The van der Waals surface area contributed by atoms with Crippen molar-refractivity contribution in [3.05, 3.63) is 45.9 Å². The van der Waals surface area contributed by atoms with Crippen molar-refractivity contribution in [3.8, 4) is 5.75 Å². The fourth-order valence-electron chi connectivity index (χ4n) is 1.51. The van der Waals surface area contributed by atoms with Gasteiger partial charge in [-0.25, -0.2) is 4.98 Å². The first-order chi connectivity index (χ1) is 8.66. The third-order valence-corrected chi connectivity index (χ3v) is 3.42. The van der Waals surface area contributed by atoms with Crippen LogP contribution in [0.5, 0.6) is 5.75 Å². The fraction of sp³-hybridized carbons (Fsp3) is 0.231. The average Bonchev–Trinajstić information content (AvgIpc) is 2.85. The summed E-state index contributed by atoms with van der Waals surface area (Å²) >= 11 is 1.57. The summed E-state index contributed by atoms with van der Waals surface area (Å²) < 4.78 is 0. The number of hydrogen-bond donors (Lipinski definition) is 2. The lowest BCUT2D eigenvalue weighted by atomic mass is 10.1. The van der Waals surface area contributed by atoms with E-state index in [-0.39, 0.29) is 11.7 Å². The molecule has 0 saturated carbocycles. The molecule has 0 atom stereocenters. The highest BCUT2D eigenvalue weighted by Crippen LogP contribution is 2.17. The van der Waals surface area contributed by atoms with Gasteiger partial charge < -0.3 is 10.4 Å². The van der Waals surface area contributed by atoms with E-state index in [9.17, 15) is 9.90 Å². The summed E-state index contributed by atoms with van der Waals surface area (Å²) in [5.41, 5.74) is 1.23. The van der Waals surface area contributed by atoms with Gasteiger partial charge in [0.05, 0.1) is 5.01 Å². The second-order valence-corrected chi connectivity index (χ2v) is 4.91. The van der Waals surface area contributed by atoms with Crippen LogP contribution in [0, 0.1) is 6.92 Å². The Morgan fingerprint density at radius 1 is 1.50 bits per heavy atom. The molecule has 0 radical (unpaired) electrons. The van der Waals surface area contributed by atoms with Crippen LogP contribution in [0.4, 0.5) is 0 Å². The summed E-state index contributed by atoms with van der Waals surface area (Å²) in [5.74, 6) is -0.0376. The summed E-state index contributed by atoms with van der Waals surface area (Å²) in [6.45, 7) is 2.33. The number of hydrogen-bond acceptors (Lipinski definition) is 4. The number of carbonyl (C=O) groups excluding carboxylic acids is 1. The SMILES string of the molecule is Cc1ccc(C(=O)NCCc2nccs2)cc1O. The molecule has 0 fully saturated rings. The van der Waals surface area contributed by atoms with Crippen LogP contribution in [0.15, 0.2) is 29.8 Å². The van der Waals surface area contributed by atoms with E-state index < -0.39 is 0 Å². The van der Waals surface area contributed by atoms with E-state index >= 15 is 0 Å². The van der Waals surface area contributed by atoms with Crippen LogP contribution >= 0.6 is 11.3 Å². The van der Waals surface area contributed by atoms with Gasteiger partial charge in [-0.2, -0.15) is 0 Å². The Balaban J connectivity index is 1.89. The number of phenols is 1. The van der Waals surface area contributed by atoms with E-state index in [4.69, 9.17) is 0 Å². The summed E-state index contributed by atoms with van der Waals surface area (Å²) in [4.78, 5) is 15.9. The van der Waals surface area contributed by atoms with Gasteiger partial charge in [0.15, 0.2) is 0 Å². The zero-order valence-corrected chi connectivity index (χ0v) is 10.8. The molecule has 2 N–H and O–H groups in total. The van der Waals surface area contributed by atoms with Crippen molar-refractivity contribution in [2.45, 2.75) is 13.3 Å². The van der Waals surface area contributed by atoms with Crippen LogP contribution in [0.1, 0.15) is 20.9 Å². The van der Waals surface area contributed by atoms with Crippen molar-refractivity contribution in [2.75, 3.05) is 6.54 Å². The molecule has 0 aliphatic rings. The summed E-state index contributed by atoms with van der Waals surface area (Å²) in [7, 11) is 0. The zero-order chi connectivity index (χ0) is 13.0. The predicted octanol–water partition coefficient (Wildman–Crippen LogP) is 2.13. The van der Waals surface area contributed by atoms with Gasteiger partial charge in [-0.05, 0) is 24.6 Å². The molecule has 0 bridgehead atoms. The number of rotatable bonds is 4. The maximum absolute atomic E-state index is 11.8. The largest absolute Gasteiger partial charge is 0.508 e. The number of aromatic hydroxyl groups is 1. The molecular formula is C13H14N2O2S. The van der Waals surface area contributed by atoms with Crippen molar-refractivity contribution in [1.82, 2.24) is 10.3 Å². The fourth-order valence-corrected chi connectivity index (χ4v) is 2.13. The van der Waals surface area contributed by atoms with Crippen molar-refractivity contribution in [3.63, 3.8) is 0 Å². The van der Waals surface area contributed by atoms with Gasteiger partial charge in [0.1, 0.15) is 5.75 Å². The van der Waals surface area contributed by atoms with Gasteiger partial charge in [0.2, 0.25) is 0 Å². The first-order valence-corrected chi connectivity index (χ1v) is 6.51. The Morgan fingerprint density at radius 3 is 3.00 bits per heavy atom. The van der Waals surface area contributed by atoms with Crippen molar-refractivity contribution in [2.24, 2.45) is 0 Å². The molecule has 18 heavy (non-hydrogen) atoms. The molecule has 4 nitrogen and oxygen atoms in total. The van der Waals surface area contributed by atoms with Crippen LogP contribution in [-0.2, 0) is 6.42 Å². The van der Waals surface area contributed by atoms with Crippen molar-refractivity contribution in [1.29, 1.82) is 0 Å². The van der Waals surface area contributed by atoms with Gasteiger partial charge >= 0.3 is 0 Å². The molecule has 2 aromatic rings. The molecule has 0 saturated heterocycles. The number of aryl methyl sites for hydroxylation is 1. The molecule has 0 aliphatic heterocycles. The van der Waals surface area contributed by atoms with E-state index in [1.807, 2.05) is 5.38 Å². The predicted molar refractivity (Wildman–Crippen MR) is 71.0 cm³/mol. The maximum atomic E-state index is 11.8. The van der Waals surface area contributed by atoms with Crippen LogP contribution in [0.25, 0.3) is 0 Å². The van der Waals surface area contributed by atoms with Crippen LogP contribution in [0.3, 0.4) is 0 Å². The molecular weight excluding hydrogens is 248 g/mol. The minimum Gasteiger partial charge on any atom is -0.508 e. The number of nitrogens with one attached hydrogen (secondary N) is 1. The van der Waals surface area contributed by atoms with Gasteiger partial charge in [-0.3, -0.25) is 4.79 Å². The lowest BCUT2D eigenvalue weighted by molar-refractivity contribution is 0.0953. The number of phenolic OH excluding ortho intramolecular Hbond substituents is 1. The summed E-state index contributed by atoms with van der Waals surface area (Å²) in [6, 6.07) is 4.91. The molecule has 0 unspecified atom stereocenters. The van der Waals surface area contributed by atoms with Crippen LogP contribution in [-0.4, -0.2) is 22.5 Å². The van der Waals surface area contributed by atoms with E-state index in [1.165, 1.54) is 6.07 Å². The molecule has 1 amide bonds. The molecule has 5 heteroatoms. The number of nitrogens with zero attached hydrogens (tertiary/aromatic N) is 1. The minimum atomic E-state index is -0.179. The molecule has 0 spiro atoms. The monoisotopic (exact) mass is 262 g/mol. The smallest absolute Gasteiger partial charge is 0.251 e. The Kier molecular flexibility index (Phi) is 3.94. The minimum absolute atomic E-state index is 0.141. The summed E-state index contributed by atoms with van der Waals surface area (Å²) in [6.07, 6.45) is 2.47. The highest BCUT2D eigenvalue weighted by molar-refractivity contribution is 7.09. The molecule has 94 valence electrons. The lowest BCUT2D eigenvalue weighted by Gasteiger charge is -2.05. The van der Waals surface area contributed by atoms with Gasteiger partial charge in [0.25, 0.3) is 5.91 Å². The topological polar surface area (TPSA) is 62.2 Å². The van der Waals surface area contributed by atoms with Crippen LogP contribution in [0.2, 0.25) is 0 Å². The van der Waals surface area contributed by atoms with Crippen LogP contribution < -0.4 is 5.32 Å². The molecule has 1 heterocycles. The zero-order valence-electron chi connectivity index (χ0n) is 10.0. The second-order valence-electron chi connectivity index (χ2n) is 3.93. The third kappa shape index (κ3) is 3.07. The number of benzene rings is 1. The molecule has 1 aromatic heterocycles. The van der Waals surface area contributed by atoms with E-state index in [0.29, 0.717) is 12.1 Å². The quantitative estimate of drug-likeness (QED) is 0.887. The van der Waals surface area contributed by atoms with Gasteiger partial charge in [-0.15, -0.1) is 11.3 Å². The highest BCUT2D eigenvalue weighted by Gasteiger charge is 2.07. The first-order valence-electron chi connectivity index (χ1n) is 5.63. The van der Waals surface area contributed by atoms with E-state index in [2.05, 4.69) is 10.3 Å². The van der Waals surface area contributed by atoms with Gasteiger partial charge in [0, 0.05) is 30.1 Å².